The predicted molar refractivity (Wildman–Crippen MR) is 141 cm³/mol. The minimum atomic E-state index is -4.66. The van der Waals surface area contributed by atoms with E-state index in [9.17, 15) is 31.2 Å². The number of benzene rings is 1. The average Bonchev–Trinajstić information content (AvgIpc) is 3.45. The van der Waals surface area contributed by atoms with Crippen molar-refractivity contribution >= 4 is 27.7 Å². The highest BCUT2D eigenvalue weighted by molar-refractivity contribution is 7.89. The van der Waals surface area contributed by atoms with Crippen molar-refractivity contribution in [3.63, 3.8) is 0 Å². The van der Waals surface area contributed by atoms with Gasteiger partial charge in [0.25, 0.3) is 0 Å². The van der Waals surface area contributed by atoms with Crippen molar-refractivity contribution in [2.24, 2.45) is 0 Å². The third kappa shape index (κ3) is 4.76. The fourth-order valence-electron chi connectivity index (χ4n) is 6.29. The number of carbonyl (C=O) groups is 2. The number of likely N-dealkylation sites (tertiary alicyclic amines) is 1. The number of anilines is 1. The third-order valence-corrected chi connectivity index (χ3v) is 9.75. The highest BCUT2D eigenvalue weighted by Crippen LogP contribution is 2.46. The van der Waals surface area contributed by atoms with Crippen LogP contribution in [-0.2, 0) is 37.9 Å². The maximum atomic E-state index is 13.5. The molecule has 3 aliphatic rings. The molecule has 2 aromatic heterocycles. The van der Waals surface area contributed by atoms with Crippen molar-refractivity contribution in [3.05, 3.63) is 83.3 Å². The van der Waals surface area contributed by atoms with E-state index in [1.807, 2.05) is 0 Å². The molecule has 4 atom stereocenters. The summed E-state index contributed by atoms with van der Waals surface area (Å²) in [5.41, 5.74) is 1.59. The van der Waals surface area contributed by atoms with Crippen molar-refractivity contribution in [1.82, 2.24) is 19.6 Å². The zero-order valence-electron chi connectivity index (χ0n) is 21.9. The molecule has 1 aromatic carbocycles. The lowest BCUT2D eigenvalue weighted by Gasteiger charge is -2.43. The summed E-state index contributed by atoms with van der Waals surface area (Å²) in [6, 6.07) is 11.5. The van der Waals surface area contributed by atoms with Crippen molar-refractivity contribution in [2.75, 3.05) is 11.9 Å². The number of sulfonamides is 1. The maximum Gasteiger partial charge on any atom is 0.406 e. The molecule has 214 valence electrons. The molecule has 0 bridgehead atoms. The molecule has 1 fully saturated rings. The number of fused-ring (bicyclic) bond motifs is 3. The average molecular weight is 586 g/mol. The number of hydrogen-bond donors (Lipinski definition) is 2. The highest BCUT2D eigenvalue weighted by atomic mass is 32.2. The Kier molecular flexibility index (Phi) is 6.42. The molecule has 6 rings (SSSR count). The normalized spacial score (nSPS) is 25.8. The number of carbonyl (C=O) groups excluding carboxylic acids is 2. The molecule has 2 aliphatic heterocycles. The van der Waals surface area contributed by atoms with Gasteiger partial charge < -0.3 is 10.2 Å². The standard InChI is InChI=1S/C28H26F3N5O4S/c1-16-20(17-6-3-2-4-7-17)11-22(25(37)36(16)15-28(29,30)31)35-41(39,40)19-10-18-12-27(13-23(18)33-14-19)21-8-5-9-32-24(21)34-26(27)38/h2-10,14,16,20,22,35H,11-13,15H2,1H3,(H,32,34,38)/t16-,20-,22+,27?/m1/s1. The molecule has 9 nitrogen and oxygen atoms in total. The van der Waals surface area contributed by atoms with E-state index in [0.717, 1.165) is 6.20 Å². The first-order valence-corrected chi connectivity index (χ1v) is 14.6. The molecule has 13 heteroatoms. The smallest absolute Gasteiger partial charge is 0.329 e. The first kappa shape index (κ1) is 27.3. The Hall–Kier alpha value is -3.84. The van der Waals surface area contributed by atoms with Crippen LogP contribution in [0.2, 0.25) is 0 Å². The van der Waals surface area contributed by atoms with E-state index in [2.05, 4.69) is 20.0 Å². The number of pyridine rings is 2. The number of nitrogens with one attached hydrogen (secondary N) is 2. The molecule has 4 heterocycles. The number of halogens is 3. The number of amides is 2. The Labute approximate surface area is 234 Å². The van der Waals surface area contributed by atoms with Gasteiger partial charge in [-0.2, -0.15) is 17.9 Å². The second-order valence-electron chi connectivity index (χ2n) is 10.8. The summed E-state index contributed by atoms with van der Waals surface area (Å²) in [4.78, 5) is 35.2. The molecule has 0 radical (unpaired) electrons. The fourth-order valence-corrected chi connectivity index (χ4v) is 7.49. The number of piperidine rings is 1. The van der Waals surface area contributed by atoms with E-state index in [4.69, 9.17) is 0 Å². The molecule has 0 saturated carbocycles. The SMILES string of the molecule is C[C@@H]1[C@H](c2ccccc2)C[C@H](NS(=O)(=O)c2cnc3c(c2)CC2(C3)C(=O)Nc3ncccc32)C(=O)N1CC(F)(F)F. The Morgan fingerprint density at radius 3 is 2.59 bits per heavy atom. The van der Waals surface area contributed by atoms with Gasteiger partial charge in [0, 0.05) is 42.0 Å². The van der Waals surface area contributed by atoms with Crippen LogP contribution in [0, 0.1) is 0 Å². The van der Waals surface area contributed by atoms with Crippen LogP contribution in [0.5, 0.6) is 0 Å². The first-order valence-electron chi connectivity index (χ1n) is 13.1. The van der Waals surface area contributed by atoms with Gasteiger partial charge in [0.05, 0.1) is 5.41 Å². The number of aromatic nitrogens is 2. The molecule has 3 aromatic rings. The quantitative estimate of drug-likeness (QED) is 0.475. The second kappa shape index (κ2) is 9.62. The van der Waals surface area contributed by atoms with E-state index in [0.29, 0.717) is 33.1 Å². The Bertz CT molecular complexity index is 1650. The lowest BCUT2D eigenvalue weighted by molar-refractivity contribution is -0.170. The summed E-state index contributed by atoms with van der Waals surface area (Å²) in [6.45, 7) is 0.0502. The zero-order valence-corrected chi connectivity index (χ0v) is 22.7. The van der Waals surface area contributed by atoms with Gasteiger partial charge in [-0.3, -0.25) is 14.6 Å². The van der Waals surface area contributed by atoms with Crippen LogP contribution in [0.3, 0.4) is 0 Å². The van der Waals surface area contributed by atoms with Gasteiger partial charge in [-0.25, -0.2) is 13.4 Å². The van der Waals surface area contributed by atoms with Crippen molar-refractivity contribution in [2.45, 2.75) is 60.7 Å². The van der Waals surface area contributed by atoms with Crippen LogP contribution in [0.4, 0.5) is 19.0 Å². The third-order valence-electron chi connectivity index (χ3n) is 8.32. The van der Waals surface area contributed by atoms with Crippen LogP contribution in [-0.4, -0.2) is 59.9 Å². The van der Waals surface area contributed by atoms with Crippen LogP contribution in [0.15, 0.2) is 65.8 Å². The van der Waals surface area contributed by atoms with Crippen LogP contribution < -0.4 is 10.0 Å². The van der Waals surface area contributed by atoms with E-state index >= 15 is 0 Å². The maximum absolute atomic E-state index is 13.5. The molecule has 2 N–H and O–H groups in total. The minimum absolute atomic E-state index is 0.0109. The summed E-state index contributed by atoms with van der Waals surface area (Å²) < 4.78 is 69.7. The first-order chi connectivity index (χ1) is 19.4. The largest absolute Gasteiger partial charge is 0.406 e. The van der Waals surface area contributed by atoms with Crippen molar-refractivity contribution in [3.8, 4) is 0 Å². The minimum Gasteiger partial charge on any atom is -0.329 e. The molecule has 1 unspecified atom stereocenters. The van der Waals surface area contributed by atoms with Gasteiger partial charge in [0.15, 0.2) is 0 Å². The van der Waals surface area contributed by atoms with Gasteiger partial charge in [-0.05, 0) is 43.0 Å². The van der Waals surface area contributed by atoms with Gasteiger partial charge in [0.1, 0.15) is 23.3 Å². The Balaban J connectivity index is 1.29. The molecule has 1 aliphatic carbocycles. The Morgan fingerprint density at radius 2 is 1.85 bits per heavy atom. The monoisotopic (exact) mass is 585 g/mol. The van der Waals surface area contributed by atoms with Crippen molar-refractivity contribution in [1.29, 1.82) is 0 Å². The number of nitrogens with zero attached hydrogens (tertiary/aromatic N) is 3. The molecular formula is C28H26F3N5O4S. The molecule has 1 spiro atoms. The fraction of sp³-hybridized carbons (Fsp3) is 0.357. The predicted octanol–water partition coefficient (Wildman–Crippen LogP) is 3.08. The van der Waals surface area contributed by atoms with Crippen molar-refractivity contribution < 1.29 is 31.2 Å². The van der Waals surface area contributed by atoms with Gasteiger partial charge in [-0.1, -0.05) is 36.4 Å². The van der Waals surface area contributed by atoms with E-state index < -0.39 is 52.1 Å². The summed E-state index contributed by atoms with van der Waals surface area (Å²) in [7, 11) is -4.37. The topological polar surface area (TPSA) is 121 Å². The lowest BCUT2D eigenvalue weighted by Crippen LogP contribution is -2.59. The number of alkyl halides is 3. The van der Waals surface area contributed by atoms with Gasteiger partial charge >= 0.3 is 6.18 Å². The summed E-state index contributed by atoms with van der Waals surface area (Å²) in [6.07, 6.45) is -1.48. The van der Waals surface area contributed by atoms with E-state index in [1.165, 1.54) is 6.07 Å². The van der Waals surface area contributed by atoms with E-state index in [-0.39, 0.29) is 30.1 Å². The number of rotatable bonds is 5. The molecular weight excluding hydrogens is 559 g/mol. The van der Waals surface area contributed by atoms with Crippen LogP contribution in [0.25, 0.3) is 0 Å². The molecule has 2 amide bonds. The number of hydrogen-bond acceptors (Lipinski definition) is 6. The van der Waals surface area contributed by atoms with Crippen LogP contribution >= 0.6 is 0 Å². The molecule has 41 heavy (non-hydrogen) atoms. The molecule has 1 saturated heterocycles. The summed E-state index contributed by atoms with van der Waals surface area (Å²) in [5.74, 6) is -1.26. The Morgan fingerprint density at radius 1 is 1.10 bits per heavy atom. The summed E-state index contributed by atoms with van der Waals surface area (Å²) >= 11 is 0. The highest BCUT2D eigenvalue weighted by Gasteiger charge is 2.52. The zero-order chi connectivity index (χ0) is 29.2. The van der Waals surface area contributed by atoms with Gasteiger partial charge in [0.2, 0.25) is 21.8 Å². The second-order valence-corrected chi connectivity index (χ2v) is 12.5. The van der Waals surface area contributed by atoms with Gasteiger partial charge in [-0.15, -0.1) is 0 Å². The van der Waals surface area contributed by atoms with E-state index in [1.54, 1.807) is 55.6 Å². The summed E-state index contributed by atoms with van der Waals surface area (Å²) in [5, 5.41) is 2.78. The lowest BCUT2D eigenvalue weighted by atomic mass is 9.80. The van der Waals surface area contributed by atoms with Crippen LogP contribution in [0.1, 0.15) is 41.6 Å².